The number of hydrogen-bond donors (Lipinski definition) is 1. The van der Waals surface area contributed by atoms with Crippen molar-refractivity contribution in [3.63, 3.8) is 0 Å². The lowest BCUT2D eigenvalue weighted by Gasteiger charge is -2.26. The van der Waals surface area contributed by atoms with E-state index in [4.69, 9.17) is 0 Å². The molecule has 2 aromatic heterocycles. The molecule has 1 saturated carbocycles. The van der Waals surface area contributed by atoms with Gasteiger partial charge in [-0.25, -0.2) is 9.31 Å². The minimum absolute atomic E-state index is 0.215. The summed E-state index contributed by atoms with van der Waals surface area (Å²) >= 11 is 0. The van der Waals surface area contributed by atoms with Gasteiger partial charge in [-0.15, -0.1) is 0 Å². The van der Waals surface area contributed by atoms with Crippen LogP contribution in [0.2, 0.25) is 0 Å². The number of anilines is 1. The van der Waals surface area contributed by atoms with E-state index in [1.54, 1.807) is 11.1 Å². The van der Waals surface area contributed by atoms with Crippen molar-refractivity contribution in [2.24, 2.45) is 11.8 Å². The molecule has 1 aliphatic carbocycles. The number of nitrogens with zero attached hydrogens (tertiary/aromatic N) is 4. The van der Waals surface area contributed by atoms with Crippen molar-refractivity contribution in [3.8, 4) is 0 Å². The fourth-order valence-electron chi connectivity index (χ4n) is 5.45. The Kier molecular flexibility index (Phi) is 5.46. The first-order valence-electron chi connectivity index (χ1n) is 11.5. The second kappa shape index (κ2) is 8.38. The fourth-order valence-corrected chi connectivity index (χ4v) is 5.45. The number of carbonyl (C=O) groups excluding carboxylic acids is 2. The highest BCUT2D eigenvalue weighted by atomic mass is 16.2. The molecule has 0 radical (unpaired) electrons. The van der Waals surface area contributed by atoms with E-state index in [1.807, 2.05) is 10.7 Å². The maximum Gasteiger partial charge on any atom is 0.328 e. The van der Waals surface area contributed by atoms with Gasteiger partial charge in [-0.1, -0.05) is 19.3 Å². The van der Waals surface area contributed by atoms with Gasteiger partial charge < -0.3 is 4.90 Å². The average molecular weight is 410 g/mol. The van der Waals surface area contributed by atoms with Crippen LogP contribution in [0, 0.1) is 11.8 Å². The Morgan fingerprint density at radius 2 is 1.93 bits per heavy atom. The van der Waals surface area contributed by atoms with Gasteiger partial charge in [0.2, 0.25) is 5.91 Å². The topological polar surface area (TPSA) is 70.0 Å². The van der Waals surface area contributed by atoms with Crippen LogP contribution in [0.25, 0.3) is 5.52 Å². The first-order chi connectivity index (χ1) is 14.7. The summed E-state index contributed by atoms with van der Waals surface area (Å²) in [6.45, 7) is 4.11. The summed E-state index contributed by atoms with van der Waals surface area (Å²) < 4.78 is 1.81. The van der Waals surface area contributed by atoms with E-state index in [1.165, 1.54) is 63.7 Å². The van der Waals surface area contributed by atoms with E-state index in [0.29, 0.717) is 18.9 Å². The number of rotatable bonds is 5. The van der Waals surface area contributed by atoms with E-state index < -0.39 is 0 Å². The first-order valence-corrected chi connectivity index (χ1v) is 11.5. The zero-order valence-corrected chi connectivity index (χ0v) is 17.6. The molecule has 3 aliphatic rings. The number of fused-ring (bicyclic) bond motifs is 1. The molecular formula is C23H31N5O2. The molecule has 3 fully saturated rings. The number of nitrogens with one attached hydrogen (secondary N) is 1. The molecule has 0 aromatic carbocycles. The van der Waals surface area contributed by atoms with Crippen molar-refractivity contribution in [2.45, 2.75) is 51.4 Å². The van der Waals surface area contributed by atoms with Crippen LogP contribution in [-0.4, -0.2) is 52.6 Å². The van der Waals surface area contributed by atoms with Crippen LogP contribution in [0.3, 0.4) is 0 Å². The Balaban J connectivity index is 1.25. The van der Waals surface area contributed by atoms with E-state index in [9.17, 15) is 9.59 Å². The maximum absolute atomic E-state index is 12.3. The minimum Gasteiger partial charge on any atom is -0.303 e. The van der Waals surface area contributed by atoms with Crippen molar-refractivity contribution >= 4 is 23.1 Å². The molecule has 0 spiro atoms. The van der Waals surface area contributed by atoms with Crippen LogP contribution in [-0.2, 0) is 11.2 Å². The van der Waals surface area contributed by atoms with Crippen LogP contribution in [0.5, 0.6) is 0 Å². The summed E-state index contributed by atoms with van der Waals surface area (Å²) in [7, 11) is 0. The number of amides is 3. The van der Waals surface area contributed by atoms with Crippen LogP contribution in [0.4, 0.5) is 10.5 Å². The number of imide groups is 1. The lowest BCUT2D eigenvalue weighted by molar-refractivity contribution is -0.120. The molecule has 2 aromatic rings. The largest absolute Gasteiger partial charge is 0.328 e. The molecule has 5 rings (SSSR count). The normalized spacial score (nSPS) is 24.0. The molecule has 1 N–H and O–H groups in total. The molecule has 30 heavy (non-hydrogen) atoms. The second-order valence-corrected chi connectivity index (χ2v) is 9.27. The first kappa shape index (κ1) is 19.5. The van der Waals surface area contributed by atoms with E-state index in [0.717, 1.165) is 23.5 Å². The van der Waals surface area contributed by atoms with Gasteiger partial charge in [0.15, 0.2) is 0 Å². The molecule has 2 saturated heterocycles. The highest BCUT2D eigenvalue weighted by Gasteiger charge is 2.28. The summed E-state index contributed by atoms with van der Waals surface area (Å²) in [4.78, 5) is 28.0. The SMILES string of the molecule is O=C1CCN(c2cnn3ccc(CC4CCN(CC5CCCCC5)C4)cc23)C(=O)N1. The molecule has 2 aliphatic heterocycles. The van der Waals surface area contributed by atoms with Gasteiger partial charge in [-0.05, 0) is 61.8 Å². The standard InChI is InChI=1S/C23H31N5O2/c29-22-8-10-27(23(30)25-22)21-14-24-28-11-7-18(13-20(21)28)12-19-6-9-26(16-19)15-17-4-2-1-3-5-17/h7,11,13-14,17,19H,1-6,8-10,12,15-16H2,(H,25,29,30). The Labute approximate surface area is 177 Å². The molecular weight excluding hydrogens is 378 g/mol. The van der Waals surface area contributed by atoms with Crippen LogP contribution in [0.1, 0.15) is 50.5 Å². The predicted molar refractivity (Wildman–Crippen MR) is 116 cm³/mol. The summed E-state index contributed by atoms with van der Waals surface area (Å²) in [5.41, 5.74) is 2.99. The molecule has 7 heteroatoms. The predicted octanol–water partition coefficient (Wildman–Crippen LogP) is 3.23. The zero-order valence-electron chi connectivity index (χ0n) is 17.6. The van der Waals surface area contributed by atoms with Crippen molar-refractivity contribution in [1.29, 1.82) is 0 Å². The summed E-state index contributed by atoms with van der Waals surface area (Å²) in [5, 5.41) is 6.80. The van der Waals surface area contributed by atoms with Crippen molar-refractivity contribution in [2.75, 3.05) is 31.1 Å². The lowest BCUT2D eigenvalue weighted by Crippen LogP contribution is -2.49. The van der Waals surface area contributed by atoms with Gasteiger partial charge in [0.05, 0.1) is 17.4 Å². The third-order valence-electron chi connectivity index (χ3n) is 7.05. The number of urea groups is 1. The molecule has 1 unspecified atom stereocenters. The van der Waals surface area contributed by atoms with Gasteiger partial charge in [-0.3, -0.25) is 15.0 Å². The average Bonchev–Trinajstić information content (AvgIpc) is 3.36. The number of carbonyl (C=O) groups is 2. The molecule has 0 bridgehead atoms. The fraction of sp³-hybridized carbons (Fsp3) is 0.609. The van der Waals surface area contributed by atoms with Crippen LogP contribution in [0.15, 0.2) is 24.5 Å². The second-order valence-electron chi connectivity index (χ2n) is 9.27. The zero-order chi connectivity index (χ0) is 20.5. The van der Waals surface area contributed by atoms with Crippen LogP contribution < -0.4 is 10.2 Å². The van der Waals surface area contributed by atoms with Crippen molar-refractivity contribution in [1.82, 2.24) is 19.8 Å². The Hall–Kier alpha value is -2.41. The Morgan fingerprint density at radius 1 is 1.07 bits per heavy atom. The monoisotopic (exact) mass is 409 g/mol. The molecule has 4 heterocycles. The lowest BCUT2D eigenvalue weighted by atomic mass is 9.89. The maximum atomic E-state index is 12.3. The van der Waals surface area contributed by atoms with E-state index in [-0.39, 0.29) is 11.9 Å². The molecule has 3 amide bonds. The highest BCUT2D eigenvalue weighted by molar-refractivity contribution is 6.07. The molecule has 7 nitrogen and oxygen atoms in total. The third-order valence-corrected chi connectivity index (χ3v) is 7.05. The van der Waals surface area contributed by atoms with Gasteiger partial charge in [0, 0.05) is 32.3 Å². The minimum atomic E-state index is -0.360. The quantitative estimate of drug-likeness (QED) is 0.823. The molecule has 160 valence electrons. The smallest absolute Gasteiger partial charge is 0.303 e. The number of likely N-dealkylation sites (tertiary alicyclic amines) is 1. The summed E-state index contributed by atoms with van der Waals surface area (Å²) in [5.74, 6) is 1.39. The molecule has 1 atom stereocenters. The van der Waals surface area contributed by atoms with Gasteiger partial charge in [0.1, 0.15) is 0 Å². The van der Waals surface area contributed by atoms with Crippen molar-refractivity contribution < 1.29 is 9.59 Å². The Morgan fingerprint density at radius 3 is 2.77 bits per heavy atom. The van der Waals surface area contributed by atoms with Gasteiger partial charge in [-0.2, -0.15) is 5.10 Å². The summed E-state index contributed by atoms with van der Waals surface area (Å²) in [6.07, 6.45) is 13.4. The van der Waals surface area contributed by atoms with E-state index >= 15 is 0 Å². The van der Waals surface area contributed by atoms with E-state index in [2.05, 4.69) is 27.4 Å². The number of pyridine rings is 1. The summed E-state index contributed by atoms with van der Waals surface area (Å²) in [6, 6.07) is 3.95. The van der Waals surface area contributed by atoms with Crippen LogP contribution >= 0.6 is 0 Å². The highest BCUT2D eigenvalue weighted by Crippen LogP contribution is 2.29. The Bertz CT molecular complexity index is 933. The van der Waals surface area contributed by atoms with Gasteiger partial charge >= 0.3 is 6.03 Å². The number of hydrogen-bond acceptors (Lipinski definition) is 4. The number of aromatic nitrogens is 2. The third kappa shape index (κ3) is 4.08. The van der Waals surface area contributed by atoms with Crippen molar-refractivity contribution in [3.05, 3.63) is 30.1 Å². The van der Waals surface area contributed by atoms with Gasteiger partial charge in [0.25, 0.3) is 0 Å².